The standard InChI is InChI=1S/C19H26N2O3/c1-19(2,3)13-17(23)21-18-16-7-6-15(24-11-5-4-10-22)12-14(16)8-9-20-18/h6-9,12,22H,4-5,10-11,13H2,1-3H3,(H,20,21,23). The number of rotatable bonds is 7. The van der Waals surface area contributed by atoms with Crippen LogP contribution in [0.25, 0.3) is 10.8 Å². The Morgan fingerprint density at radius 2 is 2.04 bits per heavy atom. The molecule has 0 aliphatic heterocycles. The molecule has 0 saturated carbocycles. The van der Waals surface area contributed by atoms with E-state index in [4.69, 9.17) is 9.84 Å². The number of hydrogen-bond acceptors (Lipinski definition) is 4. The second-order valence-electron chi connectivity index (χ2n) is 7.11. The van der Waals surface area contributed by atoms with Crippen molar-refractivity contribution < 1.29 is 14.6 Å². The van der Waals surface area contributed by atoms with Crippen molar-refractivity contribution in [1.82, 2.24) is 4.98 Å². The van der Waals surface area contributed by atoms with Gasteiger partial charge in [-0.05, 0) is 47.9 Å². The summed E-state index contributed by atoms with van der Waals surface area (Å²) >= 11 is 0. The summed E-state index contributed by atoms with van der Waals surface area (Å²) in [6, 6.07) is 7.63. The Morgan fingerprint density at radius 3 is 2.75 bits per heavy atom. The van der Waals surface area contributed by atoms with Crippen molar-refractivity contribution >= 4 is 22.5 Å². The van der Waals surface area contributed by atoms with Gasteiger partial charge in [0.1, 0.15) is 11.6 Å². The summed E-state index contributed by atoms with van der Waals surface area (Å²) in [6.45, 7) is 6.85. The molecule has 1 heterocycles. The molecule has 0 unspecified atom stereocenters. The number of hydrogen-bond donors (Lipinski definition) is 2. The number of nitrogens with zero attached hydrogens (tertiary/aromatic N) is 1. The Morgan fingerprint density at radius 1 is 1.25 bits per heavy atom. The normalized spacial score (nSPS) is 11.5. The Kier molecular flexibility index (Phi) is 6.15. The zero-order chi connectivity index (χ0) is 17.6. The maximum Gasteiger partial charge on any atom is 0.226 e. The minimum absolute atomic E-state index is 0.0353. The lowest BCUT2D eigenvalue weighted by atomic mass is 9.92. The van der Waals surface area contributed by atoms with Crippen LogP contribution in [-0.2, 0) is 4.79 Å². The highest BCUT2D eigenvalue weighted by atomic mass is 16.5. The average molecular weight is 330 g/mol. The number of anilines is 1. The first-order valence-electron chi connectivity index (χ1n) is 8.31. The highest BCUT2D eigenvalue weighted by Gasteiger charge is 2.17. The number of pyridine rings is 1. The first-order valence-corrected chi connectivity index (χ1v) is 8.31. The van der Waals surface area contributed by atoms with Crippen molar-refractivity contribution in [1.29, 1.82) is 0 Å². The van der Waals surface area contributed by atoms with Crippen LogP contribution in [0.2, 0.25) is 0 Å². The summed E-state index contributed by atoms with van der Waals surface area (Å²) < 4.78 is 5.68. The predicted molar refractivity (Wildman–Crippen MR) is 96.3 cm³/mol. The molecule has 0 aliphatic carbocycles. The molecule has 1 aromatic heterocycles. The molecule has 2 aromatic rings. The first-order chi connectivity index (χ1) is 11.4. The van der Waals surface area contributed by atoms with Crippen LogP contribution >= 0.6 is 0 Å². The third-order valence-corrected chi connectivity index (χ3v) is 3.51. The smallest absolute Gasteiger partial charge is 0.226 e. The largest absolute Gasteiger partial charge is 0.494 e. The second-order valence-corrected chi connectivity index (χ2v) is 7.11. The summed E-state index contributed by atoms with van der Waals surface area (Å²) in [5.41, 5.74) is -0.0652. The van der Waals surface area contributed by atoms with E-state index in [9.17, 15) is 4.79 Å². The second kappa shape index (κ2) is 8.11. The summed E-state index contributed by atoms with van der Waals surface area (Å²) in [5.74, 6) is 1.32. The highest BCUT2D eigenvalue weighted by molar-refractivity contribution is 6.00. The van der Waals surface area contributed by atoms with Crippen molar-refractivity contribution in [3.05, 3.63) is 30.5 Å². The van der Waals surface area contributed by atoms with Crippen molar-refractivity contribution in [3.8, 4) is 5.75 Å². The number of amides is 1. The number of unbranched alkanes of at least 4 members (excludes halogenated alkanes) is 1. The Hall–Kier alpha value is -2.14. The quantitative estimate of drug-likeness (QED) is 0.758. The van der Waals surface area contributed by atoms with Crippen LogP contribution in [0.3, 0.4) is 0 Å². The number of aromatic nitrogens is 1. The van der Waals surface area contributed by atoms with Crippen LogP contribution in [0, 0.1) is 5.41 Å². The fraction of sp³-hybridized carbons (Fsp3) is 0.474. The van der Waals surface area contributed by atoms with Gasteiger partial charge in [-0.2, -0.15) is 0 Å². The molecule has 0 fully saturated rings. The molecular formula is C19H26N2O3. The van der Waals surface area contributed by atoms with Gasteiger partial charge in [0.2, 0.25) is 5.91 Å². The Bertz CT molecular complexity index is 693. The molecule has 0 radical (unpaired) electrons. The van der Waals surface area contributed by atoms with Gasteiger partial charge in [0.15, 0.2) is 0 Å². The number of fused-ring (bicyclic) bond motifs is 1. The molecule has 5 nitrogen and oxygen atoms in total. The van der Waals surface area contributed by atoms with Crippen LogP contribution in [0.5, 0.6) is 5.75 Å². The lowest BCUT2D eigenvalue weighted by Gasteiger charge is -2.17. The number of benzene rings is 1. The first kappa shape index (κ1) is 18.2. The molecular weight excluding hydrogens is 304 g/mol. The summed E-state index contributed by atoms with van der Waals surface area (Å²) in [7, 11) is 0. The minimum atomic E-state index is -0.0652. The zero-order valence-corrected chi connectivity index (χ0v) is 14.6. The van der Waals surface area contributed by atoms with Crippen LogP contribution in [-0.4, -0.2) is 29.2 Å². The SMILES string of the molecule is CC(C)(C)CC(=O)Nc1nccc2cc(OCCCCO)ccc12. The van der Waals surface area contributed by atoms with E-state index in [1.165, 1.54) is 0 Å². The minimum Gasteiger partial charge on any atom is -0.494 e. The topological polar surface area (TPSA) is 71.5 Å². The molecule has 1 amide bonds. The number of aliphatic hydroxyl groups is 1. The molecule has 0 saturated heterocycles. The fourth-order valence-electron chi connectivity index (χ4n) is 2.41. The molecule has 24 heavy (non-hydrogen) atoms. The summed E-state index contributed by atoms with van der Waals surface area (Å²) in [5, 5.41) is 13.5. The van der Waals surface area contributed by atoms with E-state index in [1.54, 1.807) is 6.20 Å². The molecule has 5 heteroatoms. The van der Waals surface area contributed by atoms with Gasteiger partial charge in [-0.25, -0.2) is 4.98 Å². The van der Waals surface area contributed by atoms with Crippen molar-refractivity contribution in [2.24, 2.45) is 5.41 Å². The third kappa shape index (κ3) is 5.49. The van der Waals surface area contributed by atoms with E-state index in [0.717, 1.165) is 29.4 Å². The summed E-state index contributed by atoms with van der Waals surface area (Å²) in [6.07, 6.45) is 3.68. The number of carbonyl (C=O) groups excluding carboxylic acids is 1. The van der Waals surface area contributed by atoms with E-state index in [0.29, 0.717) is 18.8 Å². The highest BCUT2D eigenvalue weighted by Crippen LogP contribution is 2.26. The van der Waals surface area contributed by atoms with Gasteiger partial charge in [-0.3, -0.25) is 4.79 Å². The molecule has 2 rings (SSSR count). The van der Waals surface area contributed by atoms with Crippen molar-refractivity contribution in [2.75, 3.05) is 18.5 Å². The molecule has 0 spiro atoms. The van der Waals surface area contributed by atoms with Gasteiger partial charge in [0.25, 0.3) is 0 Å². The van der Waals surface area contributed by atoms with Crippen LogP contribution < -0.4 is 10.1 Å². The van der Waals surface area contributed by atoms with Crippen molar-refractivity contribution in [2.45, 2.75) is 40.0 Å². The van der Waals surface area contributed by atoms with Gasteiger partial charge in [-0.15, -0.1) is 0 Å². The molecule has 130 valence electrons. The third-order valence-electron chi connectivity index (χ3n) is 3.51. The van der Waals surface area contributed by atoms with Crippen LogP contribution in [0.15, 0.2) is 30.5 Å². The van der Waals surface area contributed by atoms with E-state index >= 15 is 0 Å². The zero-order valence-electron chi connectivity index (χ0n) is 14.6. The lowest BCUT2D eigenvalue weighted by molar-refractivity contribution is -0.117. The molecule has 2 N–H and O–H groups in total. The van der Waals surface area contributed by atoms with E-state index in [2.05, 4.69) is 10.3 Å². The lowest BCUT2D eigenvalue weighted by Crippen LogP contribution is -2.20. The monoisotopic (exact) mass is 330 g/mol. The average Bonchev–Trinajstić information content (AvgIpc) is 2.50. The van der Waals surface area contributed by atoms with Gasteiger partial charge >= 0.3 is 0 Å². The molecule has 0 aliphatic rings. The van der Waals surface area contributed by atoms with Gasteiger partial charge < -0.3 is 15.2 Å². The van der Waals surface area contributed by atoms with Gasteiger partial charge in [-0.1, -0.05) is 20.8 Å². The molecule has 1 aromatic carbocycles. The number of aliphatic hydroxyl groups excluding tert-OH is 1. The van der Waals surface area contributed by atoms with Crippen molar-refractivity contribution in [3.63, 3.8) is 0 Å². The van der Waals surface area contributed by atoms with Gasteiger partial charge in [0.05, 0.1) is 6.61 Å². The maximum atomic E-state index is 12.1. The number of ether oxygens (including phenoxy) is 1. The maximum absolute atomic E-state index is 12.1. The Labute approximate surface area is 143 Å². The van der Waals surface area contributed by atoms with E-state index in [1.807, 2.05) is 45.0 Å². The van der Waals surface area contributed by atoms with E-state index < -0.39 is 0 Å². The molecule has 0 atom stereocenters. The molecule has 0 bridgehead atoms. The fourth-order valence-corrected chi connectivity index (χ4v) is 2.41. The predicted octanol–water partition coefficient (Wildman–Crippen LogP) is 3.76. The van der Waals surface area contributed by atoms with Gasteiger partial charge in [0, 0.05) is 24.6 Å². The number of nitrogens with one attached hydrogen (secondary N) is 1. The number of carbonyl (C=O) groups is 1. The van der Waals surface area contributed by atoms with Crippen LogP contribution in [0.1, 0.15) is 40.0 Å². The summed E-state index contributed by atoms with van der Waals surface area (Å²) in [4.78, 5) is 16.4. The van der Waals surface area contributed by atoms with E-state index in [-0.39, 0.29) is 17.9 Å². The van der Waals surface area contributed by atoms with Crippen LogP contribution in [0.4, 0.5) is 5.82 Å². The Balaban J connectivity index is 2.11.